The predicted octanol–water partition coefficient (Wildman–Crippen LogP) is 2.67. The molecule has 0 radical (unpaired) electrons. The van der Waals surface area contributed by atoms with Crippen molar-refractivity contribution in [1.82, 2.24) is 10.2 Å². The molecule has 0 unspecified atom stereocenters. The molecule has 0 spiro atoms. The van der Waals surface area contributed by atoms with Crippen LogP contribution in [0, 0.1) is 6.92 Å². The molecule has 80 valence electrons. The zero-order valence-corrected chi connectivity index (χ0v) is 9.40. The molecule has 2 aromatic rings. The van der Waals surface area contributed by atoms with Crippen LogP contribution in [0.4, 0.5) is 0 Å². The van der Waals surface area contributed by atoms with Gasteiger partial charge in [-0.15, -0.1) is 5.10 Å². The molecule has 0 aliphatic rings. The second-order valence-corrected chi connectivity index (χ2v) is 3.74. The van der Waals surface area contributed by atoms with Gasteiger partial charge in [0.2, 0.25) is 0 Å². The van der Waals surface area contributed by atoms with Gasteiger partial charge in [0.25, 0.3) is 0 Å². The largest absolute Gasteiger partial charge is 0.288 e. The monoisotopic (exact) mass is 232 g/mol. The van der Waals surface area contributed by atoms with Crippen LogP contribution in [0.1, 0.15) is 21.6 Å². The Labute approximate surface area is 98.1 Å². The standard InChI is InChI=1S/C12H9ClN2O/c1-8-7-10(12(13)15-14-8)11(16)9-5-3-2-4-6-9/h2-7H,1H3. The van der Waals surface area contributed by atoms with Crippen LogP contribution in [0.3, 0.4) is 0 Å². The van der Waals surface area contributed by atoms with E-state index in [1.165, 1.54) is 0 Å². The van der Waals surface area contributed by atoms with Gasteiger partial charge in [-0.05, 0) is 13.0 Å². The number of rotatable bonds is 2. The molecule has 1 aromatic heterocycles. The van der Waals surface area contributed by atoms with Crippen molar-refractivity contribution in [2.75, 3.05) is 0 Å². The summed E-state index contributed by atoms with van der Waals surface area (Å²) in [4.78, 5) is 12.1. The van der Waals surface area contributed by atoms with E-state index in [1.54, 1.807) is 25.1 Å². The molecule has 4 heteroatoms. The minimum absolute atomic E-state index is 0.136. The van der Waals surface area contributed by atoms with Gasteiger partial charge in [-0.3, -0.25) is 4.79 Å². The lowest BCUT2D eigenvalue weighted by Crippen LogP contribution is -2.04. The van der Waals surface area contributed by atoms with E-state index >= 15 is 0 Å². The number of benzene rings is 1. The Bertz CT molecular complexity index is 526. The molecule has 0 saturated heterocycles. The molecule has 0 fully saturated rings. The Kier molecular flexibility index (Phi) is 2.97. The minimum atomic E-state index is -0.136. The average Bonchev–Trinajstić information content (AvgIpc) is 2.32. The van der Waals surface area contributed by atoms with Crippen LogP contribution in [0.25, 0.3) is 0 Å². The van der Waals surface area contributed by atoms with Gasteiger partial charge in [-0.1, -0.05) is 41.9 Å². The molecular formula is C12H9ClN2O. The first-order chi connectivity index (χ1) is 7.68. The van der Waals surface area contributed by atoms with E-state index in [4.69, 9.17) is 11.6 Å². The van der Waals surface area contributed by atoms with E-state index in [-0.39, 0.29) is 10.9 Å². The Morgan fingerprint density at radius 2 is 1.88 bits per heavy atom. The van der Waals surface area contributed by atoms with E-state index < -0.39 is 0 Å². The second-order valence-electron chi connectivity index (χ2n) is 3.39. The molecule has 3 nitrogen and oxygen atoms in total. The number of halogens is 1. The average molecular weight is 233 g/mol. The van der Waals surface area contributed by atoms with Crippen LogP contribution in [-0.2, 0) is 0 Å². The number of ketones is 1. The van der Waals surface area contributed by atoms with Crippen molar-refractivity contribution in [3.8, 4) is 0 Å². The van der Waals surface area contributed by atoms with Crippen molar-refractivity contribution in [2.24, 2.45) is 0 Å². The van der Waals surface area contributed by atoms with E-state index in [1.807, 2.05) is 18.2 Å². The zero-order valence-electron chi connectivity index (χ0n) is 8.64. The van der Waals surface area contributed by atoms with Crippen LogP contribution in [0.5, 0.6) is 0 Å². The van der Waals surface area contributed by atoms with Crippen molar-refractivity contribution < 1.29 is 4.79 Å². The van der Waals surface area contributed by atoms with E-state index in [9.17, 15) is 4.79 Å². The maximum absolute atomic E-state index is 12.1. The van der Waals surface area contributed by atoms with E-state index in [2.05, 4.69) is 10.2 Å². The van der Waals surface area contributed by atoms with E-state index in [0.29, 0.717) is 16.8 Å². The van der Waals surface area contributed by atoms with Gasteiger partial charge in [0.15, 0.2) is 10.9 Å². The lowest BCUT2D eigenvalue weighted by atomic mass is 10.1. The van der Waals surface area contributed by atoms with Gasteiger partial charge < -0.3 is 0 Å². The maximum Gasteiger partial charge on any atom is 0.196 e. The molecule has 16 heavy (non-hydrogen) atoms. The smallest absolute Gasteiger partial charge is 0.196 e. The number of hydrogen-bond acceptors (Lipinski definition) is 3. The van der Waals surface area contributed by atoms with Crippen molar-refractivity contribution in [1.29, 1.82) is 0 Å². The van der Waals surface area contributed by atoms with Gasteiger partial charge in [-0.25, -0.2) is 0 Å². The molecular weight excluding hydrogens is 224 g/mol. The molecule has 2 rings (SSSR count). The fourth-order valence-electron chi connectivity index (χ4n) is 1.38. The molecule has 0 amide bonds. The fourth-order valence-corrected chi connectivity index (χ4v) is 1.56. The third-order valence-electron chi connectivity index (χ3n) is 2.15. The van der Waals surface area contributed by atoms with Gasteiger partial charge in [0.05, 0.1) is 11.3 Å². The molecule has 1 heterocycles. The van der Waals surface area contributed by atoms with Crippen LogP contribution in [-0.4, -0.2) is 16.0 Å². The molecule has 0 N–H and O–H groups in total. The van der Waals surface area contributed by atoms with Crippen molar-refractivity contribution in [3.63, 3.8) is 0 Å². The molecule has 1 aromatic carbocycles. The van der Waals surface area contributed by atoms with Crippen molar-refractivity contribution >= 4 is 17.4 Å². The lowest BCUT2D eigenvalue weighted by molar-refractivity contribution is 0.103. The summed E-state index contributed by atoms with van der Waals surface area (Å²) in [5.41, 5.74) is 1.65. The molecule has 0 bridgehead atoms. The third kappa shape index (κ3) is 2.09. The minimum Gasteiger partial charge on any atom is -0.288 e. The first kappa shape index (κ1) is 10.8. The maximum atomic E-state index is 12.1. The Morgan fingerprint density at radius 1 is 1.19 bits per heavy atom. The van der Waals surface area contributed by atoms with Crippen LogP contribution in [0.2, 0.25) is 5.15 Å². The summed E-state index contributed by atoms with van der Waals surface area (Å²) in [5.74, 6) is -0.136. The number of carbonyl (C=O) groups is 1. The highest BCUT2D eigenvalue weighted by Gasteiger charge is 2.14. The lowest BCUT2D eigenvalue weighted by Gasteiger charge is -2.02. The summed E-state index contributed by atoms with van der Waals surface area (Å²) in [7, 11) is 0. The summed E-state index contributed by atoms with van der Waals surface area (Å²) in [6.45, 7) is 1.77. The van der Waals surface area contributed by atoms with Crippen molar-refractivity contribution in [2.45, 2.75) is 6.92 Å². The number of carbonyl (C=O) groups excluding carboxylic acids is 1. The molecule has 0 atom stereocenters. The summed E-state index contributed by atoms with van der Waals surface area (Å²) in [6, 6.07) is 10.6. The summed E-state index contributed by atoms with van der Waals surface area (Å²) < 4.78 is 0. The summed E-state index contributed by atoms with van der Waals surface area (Å²) >= 11 is 5.85. The van der Waals surface area contributed by atoms with Gasteiger partial charge in [0, 0.05) is 5.56 Å². The predicted molar refractivity (Wildman–Crippen MR) is 61.7 cm³/mol. The summed E-state index contributed by atoms with van der Waals surface area (Å²) in [5, 5.41) is 7.64. The highest BCUT2D eigenvalue weighted by molar-refractivity contribution is 6.33. The van der Waals surface area contributed by atoms with Gasteiger partial charge >= 0.3 is 0 Å². The normalized spacial score (nSPS) is 10.1. The molecule has 0 saturated carbocycles. The fraction of sp³-hybridized carbons (Fsp3) is 0.0833. The first-order valence-electron chi connectivity index (χ1n) is 4.78. The molecule has 0 aliphatic carbocycles. The topological polar surface area (TPSA) is 42.9 Å². The highest BCUT2D eigenvalue weighted by atomic mass is 35.5. The van der Waals surface area contributed by atoms with Crippen LogP contribution < -0.4 is 0 Å². The SMILES string of the molecule is Cc1cc(C(=O)c2ccccc2)c(Cl)nn1. The Morgan fingerprint density at radius 3 is 2.56 bits per heavy atom. The van der Waals surface area contributed by atoms with Gasteiger partial charge in [0.1, 0.15) is 0 Å². The van der Waals surface area contributed by atoms with Crippen molar-refractivity contribution in [3.05, 3.63) is 58.4 Å². The van der Waals surface area contributed by atoms with Gasteiger partial charge in [-0.2, -0.15) is 5.10 Å². The quantitative estimate of drug-likeness (QED) is 0.748. The zero-order chi connectivity index (χ0) is 11.5. The van der Waals surface area contributed by atoms with E-state index in [0.717, 1.165) is 0 Å². The number of hydrogen-bond donors (Lipinski definition) is 0. The number of nitrogens with zero attached hydrogens (tertiary/aromatic N) is 2. The Balaban J connectivity index is 2.46. The second kappa shape index (κ2) is 4.41. The first-order valence-corrected chi connectivity index (χ1v) is 5.16. The number of aromatic nitrogens is 2. The van der Waals surface area contributed by atoms with Crippen LogP contribution in [0.15, 0.2) is 36.4 Å². The Hall–Kier alpha value is -1.74. The third-order valence-corrected chi connectivity index (χ3v) is 2.43. The van der Waals surface area contributed by atoms with Crippen LogP contribution >= 0.6 is 11.6 Å². The summed E-state index contributed by atoms with van der Waals surface area (Å²) in [6.07, 6.45) is 0. The highest BCUT2D eigenvalue weighted by Crippen LogP contribution is 2.16. The molecule has 0 aliphatic heterocycles. The number of aryl methyl sites for hydroxylation is 1.